The molecule has 2 amide bonds. The number of nitrogens with zero attached hydrogens (tertiary/aromatic N) is 2. The zero-order chi connectivity index (χ0) is 31.4. The van der Waals surface area contributed by atoms with Crippen LogP contribution in [0.3, 0.4) is 0 Å². The van der Waals surface area contributed by atoms with Gasteiger partial charge in [0.2, 0.25) is 0 Å². The molecule has 3 aromatic carbocycles. The van der Waals surface area contributed by atoms with E-state index >= 15 is 0 Å². The highest BCUT2D eigenvalue weighted by molar-refractivity contribution is 6.06. The highest BCUT2D eigenvalue weighted by atomic mass is 19.4. The van der Waals surface area contributed by atoms with Crippen molar-refractivity contribution < 1.29 is 27.5 Å². The van der Waals surface area contributed by atoms with Crippen LogP contribution in [0, 0.1) is 6.92 Å². The van der Waals surface area contributed by atoms with Crippen molar-refractivity contribution >= 4 is 23.2 Å². The molecule has 7 nitrogen and oxygen atoms in total. The van der Waals surface area contributed by atoms with E-state index in [1.807, 2.05) is 51.1 Å². The van der Waals surface area contributed by atoms with E-state index < -0.39 is 17.6 Å². The standard InChI is InChI=1S/C34H33F3N4O3/c1-21-6-4-8-25(14-21)33(43)40-30-11-10-28(41-19-22(2)44-23(3)20-41)17-29(30)31-16-26(12-13-38-31)32(42)39-18-24-7-5-9-27(15-24)34(35,36)37/h4-17,22-23H,18-20H2,1-3H3,(H,39,42)(H,40,43). The molecule has 1 fully saturated rings. The third-order valence-corrected chi connectivity index (χ3v) is 7.32. The number of morpholine rings is 1. The number of aryl methyl sites for hydroxylation is 1. The predicted molar refractivity (Wildman–Crippen MR) is 164 cm³/mol. The minimum Gasteiger partial charge on any atom is -0.372 e. The molecule has 228 valence electrons. The van der Waals surface area contributed by atoms with Crippen LogP contribution in [0.1, 0.15) is 51.3 Å². The lowest BCUT2D eigenvalue weighted by Crippen LogP contribution is -2.45. The number of hydrogen-bond donors (Lipinski definition) is 2. The molecule has 44 heavy (non-hydrogen) atoms. The molecule has 2 N–H and O–H groups in total. The van der Waals surface area contributed by atoms with Crippen LogP contribution in [0.25, 0.3) is 11.3 Å². The Kier molecular flexibility index (Phi) is 9.01. The van der Waals surface area contributed by atoms with Crippen LogP contribution >= 0.6 is 0 Å². The topological polar surface area (TPSA) is 83.6 Å². The molecule has 0 bridgehead atoms. The Hall–Kier alpha value is -4.70. The maximum atomic E-state index is 13.2. The van der Waals surface area contributed by atoms with Gasteiger partial charge in [0.05, 0.1) is 29.2 Å². The highest BCUT2D eigenvalue weighted by Crippen LogP contribution is 2.33. The van der Waals surface area contributed by atoms with Gasteiger partial charge in [-0.15, -0.1) is 0 Å². The molecule has 0 radical (unpaired) electrons. The van der Waals surface area contributed by atoms with Gasteiger partial charge in [0.25, 0.3) is 11.8 Å². The first-order chi connectivity index (χ1) is 21.0. The summed E-state index contributed by atoms with van der Waals surface area (Å²) in [5, 5.41) is 5.69. The molecule has 0 aliphatic carbocycles. The smallest absolute Gasteiger partial charge is 0.372 e. The molecule has 2 heterocycles. The molecule has 5 rings (SSSR count). The number of hydrogen-bond acceptors (Lipinski definition) is 5. The largest absolute Gasteiger partial charge is 0.416 e. The Labute approximate surface area is 254 Å². The minimum absolute atomic E-state index is 0.0323. The van der Waals surface area contributed by atoms with Crippen LogP contribution in [0.15, 0.2) is 85.1 Å². The number of aromatic nitrogens is 1. The molecule has 2 atom stereocenters. The van der Waals surface area contributed by atoms with Gasteiger partial charge in [0.1, 0.15) is 0 Å². The summed E-state index contributed by atoms with van der Waals surface area (Å²) in [7, 11) is 0. The number of nitrogens with one attached hydrogen (secondary N) is 2. The quantitative estimate of drug-likeness (QED) is 0.241. The zero-order valence-corrected chi connectivity index (χ0v) is 24.6. The van der Waals surface area contributed by atoms with Crippen molar-refractivity contribution in [2.45, 2.75) is 45.7 Å². The normalized spacial score (nSPS) is 16.8. The number of ether oxygens (including phenoxy) is 1. The summed E-state index contributed by atoms with van der Waals surface area (Å²) in [5.41, 5.74) is 3.78. The number of amides is 2. The van der Waals surface area contributed by atoms with Gasteiger partial charge >= 0.3 is 6.18 Å². The molecule has 4 aromatic rings. The molecule has 0 spiro atoms. The number of alkyl halides is 3. The molecular weight excluding hydrogens is 569 g/mol. The second-order valence-electron chi connectivity index (χ2n) is 11.0. The van der Waals surface area contributed by atoms with E-state index in [0.717, 1.165) is 23.4 Å². The van der Waals surface area contributed by atoms with Gasteiger partial charge in [0.15, 0.2) is 0 Å². The van der Waals surface area contributed by atoms with Crippen molar-refractivity contribution in [3.63, 3.8) is 0 Å². The predicted octanol–water partition coefficient (Wildman–Crippen LogP) is 6.87. The van der Waals surface area contributed by atoms with Crippen LogP contribution in [-0.2, 0) is 17.5 Å². The number of carbonyl (C=O) groups is 2. The Morgan fingerprint density at radius 2 is 1.64 bits per heavy atom. The Bertz CT molecular complexity index is 1660. The van der Waals surface area contributed by atoms with Crippen LogP contribution in [0.5, 0.6) is 0 Å². The molecule has 10 heteroatoms. The number of halogens is 3. The van der Waals surface area contributed by atoms with Gasteiger partial charge in [-0.2, -0.15) is 13.2 Å². The summed E-state index contributed by atoms with van der Waals surface area (Å²) in [6.07, 6.45) is -2.92. The van der Waals surface area contributed by atoms with Crippen LogP contribution < -0.4 is 15.5 Å². The van der Waals surface area contributed by atoms with E-state index in [9.17, 15) is 22.8 Å². The summed E-state index contributed by atoms with van der Waals surface area (Å²) in [4.78, 5) is 33.0. The van der Waals surface area contributed by atoms with E-state index in [1.54, 1.807) is 18.2 Å². The fourth-order valence-corrected chi connectivity index (χ4v) is 5.28. The van der Waals surface area contributed by atoms with Crippen molar-refractivity contribution in [2.24, 2.45) is 0 Å². The van der Waals surface area contributed by atoms with Crippen LogP contribution in [0.2, 0.25) is 0 Å². The maximum Gasteiger partial charge on any atom is 0.416 e. The zero-order valence-electron chi connectivity index (χ0n) is 24.6. The summed E-state index contributed by atoms with van der Waals surface area (Å²) >= 11 is 0. The van der Waals surface area contributed by atoms with E-state index in [-0.39, 0.29) is 30.2 Å². The lowest BCUT2D eigenvalue weighted by Gasteiger charge is -2.37. The summed E-state index contributed by atoms with van der Waals surface area (Å²) < 4.78 is 45.3. The van der Waals surface area contributed by atoms with Crippen molar-refractivity contribution in [3.05, 3.63) is 113 Å². The molecule has 1 saturated heterocycles. The Morgan fingerprint density at radius 3 is 2.36 bits per heavy atom. The maximum absolute atomic E-state index is 13.2. The number of anilines is 2. The van der Waals surface area contributed by atoms with E-state index in [2.05, 4.69) is 20.5 Å². The van der Waals surface area contributed by atoms with E-state index in [0.29, 0.717) is 41.2 Å². The Balaban J connectivity index is 1.44. The second kappa shape index (κ2) is 12.9. The first-order valence-corrected chi connectivity index (χ1v) is 14.3. The van der Waals surface area contributed by atoms with Crippen molar-refractivity contribution in [3.8, 4) is 11.3 Å². The summed E-state index contributed by atoms with van der Waals surface area (Å²) in [6, 6.07) is 20.9. The third kappa shape index (κ3) is 7.44. The van der Waals surface area contributed by atoms with E-state index in [1.165, 1.54) is 24.4 Å². The van der Waals surface area contributed by atoms with Crippen molar-refractivity contribution in [2.75, 3.05) is 23.3 Å². The average molecular weight is 603 g/mol. The van der Waals surface area contributed by atoms with Crippen LogP contribution in [0.4, 0.5) is 24.5 Å². The number of benzene rings is 3. The van der Waals surface area contributed by atoms with E-state index in [4.69, 9.17) is 4.74 Å². The monoisotopic (exact) mass is 602 g/mol. The average Bonchev–Trinajstić information content (AvgIpc) is 2.99. The number of carbonyl (C=O) groups excluding carboxylic acids is 2. The SMILES string of the molecule is Cc1cccc(C(=O)Nc2ccc(N3CC(C)OC(C)C3)cc2-c2cc(C(=O)NCc3cccc(C(F)(F)F)c3)ccn2)c1. The summed E-state index contributed by atoms with van der Waals surface area (Å²) in [5.74, 6) is -0.755. The fraction of sp³-hybridized carbons (Fsp3) is 0.265. The lowest BCUT2D eigenvalue weighted by molar-refractivity contribution is -0.137. The van der Waals surface area contributed by atoms with Gasteiger partial charge in [0, 0.05) is 48.2 Å². The minimum atomic E-state index is -4.47. The lowest BCUT2D eigenvalue weighted by atomic mass is 10.0. The van der Waals surface area contributed by atoms with Gasteiger partial charge in [-0.3, -0.25) is 14.6 Å². The molecule has 1 aliphatic rings. The second-order valence-corrected chi connectivity index (χ2v) is 11.0. The van der Waals surface area contributed by atoms with Crippen LogP contribution in [-0.4, -0.2) is 42.1 Å². The molecule has 2 unspecified atom stereocenters. The first kappa shape index (κ1) is 30.7. The van der Waals surface area contributed by atoms with Crippen molar-refractivity contribution in [1.29, 1.82) is 0 Å². The summed E-state index contributed by atoms with van der Waals surface area (Å²) in [6.45, 7) is 7.23. The Morgan fingerprint density at radius 1 is 0.909 bits per heavy atom. The molecule has 1 aromatic heterocycles. The van der Waals surface area contributed by atoms with Gasteiger partial charge in [-0.1, -0.05) is 29.8 Å². The van der Waals surface area contributed by atoms with Gasteiger partial charge < -0.3 is 20.3 Å². The van der Waals surface area contributed by atoms with Gasteiger partial charge in [-0.05, 0) is 80.9 Å². The van der Waals surface area contributed by atoms with Gasteiger partial charge in [-0.25, -0.2) is 0 Å². The molecular formula is C34H33F3N4O3. The highest BCUT2D eigenvalue weighted by Gasteiger charge is 2.30. The number of pyridine rings is 1. The number of rotatable bonds is 7. The first-order valence-electron chi connectivity index (χ1n) is 14.3. The third-order valence-electron chi connectivity index (χ3n) is 7.32. The molecule has 1 aliphatic heterocycles. The fourth-order valence-electron chi connectivity index (χ4n) is 5.28. The molecule has 0 saturated carbocycles. The van der Waals surface area contributed by atoms with Crippen molar-refractivity contribution in [1.82, 2.24) is 10.3 Å².